The largest absolute Gasteiger partial charge is 0.483 e. The molecule has 138 valence electrons. The predicted octanol–water partition coefficient (Wildman–Crippen LogP) is 3.07. The van der Waals surface area contributed by atoms with Crippen LogP contribution in [-0.2, 0) is 15.8 Å². The molecule has 1 aromatic carbocycles. The molecule has 0 bridgehead atoms. The number of pyridine rings is 1. The van der Waals surface area contributed by atoms with Crippen LogP contribution in [-0.4, -0.2) is 41.8 Å². The molecule has 0 radical (unpaired) electrons. The Balaban J connectivity index is 1.73. The Bertz CT molecular complexity index is 815. The summed E-state index contributed by atoms with van der Waals surface area (Å²) in [7, 11) is 0. The second kappa shape index (κ2) is 7.31. The molecule has 3 rings (SSSR count). The fourth-order valence-electron chi connectivity index (χ4n) is 3.02. The third-order valence-electron chi connectivity index (χ3n) is 4.47. The van der Waals surface area contributed by atoms with Crippen LogP contribution < -0.4 is 4.74 Å². The lowest BCUT2D eigenvalue weighted by atomic mass is 9.99. The number of piperidine rings is 1. The molecule has 0 aliphatic carbocycles. The highest BCUT2D eigenvalue weighted by atomic mass is 19.4. The first-order chi connectivity index (χ1) is 12.4. The second-order valence-electron chi connectivity index (χ2n) is 6.15. The van der Waals surface area contributed by atoms with E-state index in [4.69, 9.17) is 4.74 Å². The number of aromatic nitrogens is 1. The lowest BCUT2D eigenvalue weighted by Crippen LogP contribution is -2.41. The SMILES string of the molecule is O=CC1CCN(C(=O)COc2ccnc3c(C(F)(F)F)cccc23)CC1. The minimum absolute atomic E-state index is 0.0232. The molecule has 2 heterocycles. The minimum atomic E-state index is -4.52. The van der Waals surface area contributed by atoms with Crippen LogP contribution in [0.3, 0.4) is 0 Å². The van der Waals surface area contributed by atoms with Gasteiger partial charge in [-0.25, -0.2) is 0 Å². The van der Waals surface area contributed by atoms with Crippen molar-refractivity contribution in [2.45, 2.75) is 19.0 Å². The number of para-hydroxylation sites is 1. The van der Waals surface area contributed by atoms with Crippen LogP contribution in [0.5, 0.6) is 5.75 Å². The summed E-state index contributed by atoms with van der Waals surface area (Å²) in [5, 5.41) is 0.204. The van der Waals surface area contributed by atoms with Gasteiger partial charge >= 0.3 is 6.18 Å². The van der Waals surface area contributed by atoms with E-state index in [0.29, 0.717) is 25.9 Å². The van der Waals surface area contributed by atoms with Crippen molar-refractivity contribution >= 4 is 23.1 Å². The third-order valence-corrected chi connectivity index (χ3v) is 4.47. The van der Waals surface area contributed by atoms with Crippen molar-refractivity contribution in [1.82, 2.24) is 9.88 Å². The zero-order chi connectivity index (χ0) is 18.7. The molecule has 1 aliphatic rings. The number of ether oxygens (including phenoxy) is 1. The zero-order valence-electron chi connectivity index (χ0n) is 13.8. The molecule has 1 fully saturated rings. The van der Waals surface area contributed by atoms with Crippen LogP contribution in [0.2, 0.25) is 0 Å². The van der Waals surface area contributed by atoms with Crippen LogP contribution in [0.1, 0.15) is 18.4 Å². The van der Waals surface area contributed by atoms with Crippen LogP contribution in [0.15, 0.2) is 30.5 Å². The highest BCUT2D eigenvalue weighted by molar-refractivity contribution is 5.88. The summed E-state index contributed by atoms with van der Waals surface area (Å²) in [6.07, 6.45) is -1.17. The average Bonchev–Trinajstić information content (AvgIpc) is 2.64. The summed E-state index contributed by atoms with van der Waals surface area (Å²) in [5.74, 6) is -0.103. The fraction of sp³-hybridized carbons (Fsp3) is 0.389. The maximum Gasteiger partial charge on any atom is 0.418 e. The number of likely N-dealkylation sites (tertiary alicyclic amines) is 1. The van der Waals surface area contributed by atoms with Gasteiger partial charge < -0.3 is 14.4 Å². The number of hydrogen-bond donors (Lipinski definition) is 0. The summed E-state index contributed by atoms with van der Waals surface area (Å²) < 4.78 is 44.8. The average molecular weight is 366 g/mol. The number of rotatable bonds is 4. The van der Waals surface area contributed by atoms with E-state index >= 15 is 0 Å². The quantitative estimate of drug-likeness (QED) is 0.781. The van der Waals surface area contributed by atoms with E-state index in [0.717, 1.165) is 12.4 Å². The van der Waals surface area contributed by atoms with Crippen molar-refractivity contribution in [1.29, 1.82) is 0 Å². The minimum Gasteiger partial charge on any atom is -0.483 e. The lowest BCUT2D eigenvalue weighted by molar-refractivity contribution is -0.136. The fourth-order valence-corrected chi connectivity index (χ4v) is 3.02. The summed E-state index contributed by atoms with van der Waals surface area (Å²) >= 11 is 0. The Labute approximate surface area is 147 Å². The van der Waals surface area contributed by atoms with E-state index in [-0.39, 0.29) is 35.1 Å². The first-order valence-corrected chi connectivity index (χ1v) is 8.21. The number of aldehydes is 1. The molecule has 1 aromatic heterocycles. The maximum absolute atomic E-state index is 13.1. The number of carbonyl (C=O) groups excluding carboxylic acids is 2. The monoisotopic (exact) mass is 366 g/mol. The first kappa shape index (κ1) is 18.2. The smallest absolute Gasteiger partial charge is 0.418 e. The molecular weight excluding hydrogens is 349 g/mol. The van der Waals surface area contributed by atoms with Gasteiger partial charge in [-0.15, -0.1) is 0 Å². The second-order valence-corrected chi connectivity index (χ2v) is 6.15. The number of carbonyl (C=O) groups is 2. The van der Waals surface area contributed by atoms with Crippen molar-refractivity contribution in [2.75, 3.05) is 19.7 Å². The van der Waals surface area contributed by atoms with Crippen LogP contribution in [0.25, 0.3) is 10.9 Å². The Morgan fingerprint density at radius 1 is 1.27 bits per heavy atom. The van der Waals surface area contributed by atoms with Gasteiger partial charge in [0.15, 0.2) is 6.61 Å². The molecule has 0 unspecified atom stereocenters. The van der Waals surface area contributed by atoms with Crippen molar-refractivity contribution in [3.05, 3.63) is 36.0 Å². The number of nitrogens with zero attached hydrogens (tertiary/aromatic N) is 2. The van der Waals surface area contributed by atoms with Gasteiger partial charge in [0.1, 0.15) is 12.0 Å². The van der Waals surface area contributed by atoms with Gasteiger partial charge in [0.25, 0.3) is 5.91 Å². The van der Waals surface area contributed by atoms with Gasteiger partial charge in [-0.3, -0.25) is 9.78 Å². The topological polar surface area (TPSA) is 59.5 Å². The van der Waals surface area contributed by atoms with Gasteiger partial charge in [-0.2, -0.15) is 13.2 Å². The number of amides is 1. The molecule has 1 amide bonds. The third kappa shape index (κ3) is 3.79. The molecule has 1 saturated heterocycles. The number of hydrogen-bond acceptors (Lipinski definition) is 4. The molecule has 2 aromatic rings. The lowest BCUT2D eigenvalue weighted by Gasteiger charge is -2.29. The van der Waals surface area contributed by atoms with Crippen molar-refractivity contribution in [3.63, 3.8) is 0 Å². The van der Waals surface area contributed by atoms with Gasteiger partial charge in [0.2, 0.25) is 0 Å². The Morgan fingerprint density at radius 2 is 2.00 bits per heavy atom. The first-order valence-electron chi connectivity index (χ1n) is 8.21. The number of halogens is 3. The highest BCUT2D eigenvalue weighted by Crippen LogP contribution is 2.36. The zero-order valence-corrected chi connectivity index (χ0v) is 13.8. The molecule has 26 heavy (non-hydrogen) atoms. The maximum atomic E-state index is 13.1. The molecule has 0 atom stereocenters. The van der Waals surface area contributed by atoms with E-state index in [1.165, 1.54) is 24.4 Å². The normalized spacial score (nSPS) is 15.9. The van der Waals surface area contributed by atoms with Crippen molar-refractivity contribution < 1.29 is 27.5 Å². The van der Waals surface area contributed by atoms with Crippen molar-refractivity contribution in [2.24, 2.45) is 5.92 Å². The Kier molecular flexibility index (Phi) is 5.11. The Hall–Kier alpha value is -2.64. The Morgan fingerprint density at radius 3 is 2.65 bits per heavy atom. The standard InChI is InChI=1S/C18H17F3N2O3/c19-18(20,21)14-3-1-2-13-15(4-7-22-17(13)14)26-11-16(25)23-8-5-12(10-24)6-9-23/h1-4,7,10,12H,5-6,8-9,11H2. The molecule has 1 aliphatic heterocycles. The van der Waals surface area contributed by atoms with E-state index in [1.54, 1.807) is 4.90 Å². The summed E-state index contributed by atoms with van der Waals surface area (Å²) in [5.41, 5.74) is -1.06. The van der Waals surface area contributed by atoms with E-state index in [2.05, 4.69) is 4.98 Å². The van der Waals surface area contributed by atoms with Gasteiger partial charge in [-0.1, -0.05) is 6.07 Å². The molecule has 5 nitrogen and oxygen atoms in total. The van der Waals surface area contributed by atoms with Crippen LogP contribution in [0.4, 0.5) is 13.2 Å². The van der Waals surface area contributed by atoms with Gasteiger partial charge in [0, 0.05) is 30.6 Å². The number of fused-ring (bicyclic) bond motifs is 1. The molecule has 0 N–H and O–H groups in total. The van der Waals surface area contributed by atoms with E-state index in [9.17, 15) is 22.8 Å². The molecule has 8 heteroatoms. The summed E-state index contributed by atoms with van der Waals surface area (Å²) in [6, 6.07) is 5.16. The molecule has 0 spiro atoms. The number of alkyl halides is 3. The summed E-state index contributed by atoms with van der Waals surface area (Å²) in [6.45, 7) is 0.670. The van der Waals surface area contributed by atoms with E-state index in [1.807, 2.05) is 0 Å². The van der Waals surface area contributed by atoms with Crippen molar-refractivity contribution in [3.8, 4) is 5.75 Å². The highest BCUT2D eigenvalue weighted by Gasteiger charge is 2.33. The van der Waals surface area contributed by atoms with Crippen LogP contribution >= 0.6 is 0 Å². The van der Waals surface area contributed by atoms with Crippen LogP contribution in [0, 0.1) is 5.92 Å². The molecule has 0 saturated carbocycles. The molecular formula is C18H17F3N2O3. The van der Waals surface area contributed by atoms with Gasteiger partial charge in [0.05, 0.1) is 11.1 Å². The number of benzene rings is 1. The van der Waals surface area contributed by atoms with E-state index < -0.39 is 11.7 Å². The summed E-state index contributed by atoms with van der Waals surface area (Å²) in [4.78, 5) is 28.4. The van der Waals surface area contributed by atoms with Gasteiger partial charge in [-0.05, 0) is 31.0 Å². The predicted molar refractivity (Wildman–Crippen MR) is 87.6 cm³/mol.